The van der Waals surface area contributed by atoms with Crippen molar-refractivity contribution in [2.45, 2.75) is 0 Å². The van der Waals surface area contributed by atoms with Gasteiger partial charge in [-0.05, 0) is 70.8 Å². The van der Waals surface area contributed by atoms with Crippen LogP contribution in [0.3, 0.4) is 0 Å². The summed E-state index contributed by atoms with van der Waals surface area (Å²) in [5.41, 5.74) is 5.64. The Kier molecular flexibility index (Phi) is 7.98. The Labute approximate surface area is 211 Å². The van der Waals surface area contributed by atoms with E-state index in [2.05, 4.69) is 9.97 Å². The van der Waals surface area contributed by atoms with Crippen molar-refractivity contribution in [3.8, 4) is 34.4 Å². The van der Waals surface area contributed by atoms with E-state index >= 15 is 0 Å². The van der Waals surface area contributed by atoms with Crippen LogP contribution < -0.4 is 18.9 Å². The minimum absolute atomic E-state index is 0.692. The summed E-state index contributed by atoms with van der Waals surface area (Å²) >= 11 is 0. The highest BCUT2D eigenvalue weighted by Gasteiger charge is 2.05. The predicted molar refractivity (Wildman–Crippen MR) is 144 cm³/mol. The van der Waals surface area contributed by atoms with Gasteiger partial charge in [0.05, 0.1) is 39.8 Å². The number of hydrogen-bond donors (Lipinski definition) is 0. The van der Waals surface area contributed by atoms with Crippen molar-refractivity contribution in [2.24, 2.45) is 0 Å². The largest absolute Gasteiger partial charge is 0.493 e. The molecular weight excluding hydrogens is 452 g/mol. The van der Waals surface area contributed by atoms with Crippen molar-refractivity contribution in [3.63, 3.8) is 0 Å². The van der Waals surface area contributed by atoms with Gasteiger partial charge in [0.1, 0.15) is 0 Å². The number of hydrogen-bond acceptors (Lipinski definition) is 6. The molecule has 2 heterocycles. The van der Waals surface area contributed by atoms with E-state index in [0.717, 1.165) is 33.6 Å². The highest BCUT2D eigenvalue weighted by atomic mass is 16.5. The summed E-state index contributed by atoms with van der Waals surface area (Å²) in [4.78, 5) is 9.06. The van der Waals surface area contributed by atoms with Crippen molar-refractivity contribution in [1.29, 1.82) is 0 Å². The predicted octanol–water partition coefficient (Wildman–Crippen LogP) is 6.52. The summed E-state index contributed by atoms with van der Waals surface area (Å²) in [5.74, 6) is 2.79. The average Bonchev–Trinajstić information content (AvgIpc) is 2.94. The van der Waals surface area contributed by atoms with Gasteiger partial charge in [0.25, 0.3) is 0 Å². The first-order valence-electron chi connectivity index (χ1n) is 11.4. The minimum Gasteiger partial charge on any atom is -0.493 e. The number of benzene rings is 2. The summed E-state index contributed by atoms with van der Waals surface area (Å²) in [7, 11) is 6.51. The van der Waals surface area contributed by atoms with E-state index in [1.165, 1.54) is 0 Å². The third-order valence-electron chi connectivity index (χ3n) is 5.58. The van der Waals surface area contributed by atoms with Crippen molar-refractivity contribution in [3.05, 3.63) is 95.3 Å². The van der Waals surface area contributed by atoms with E-state index in [9.17, 15) is 0 Å². The van der Waals surface area contributed by atoms with E-state index in [1.54, 1.807) is 40.8 Å². The van der Waals surface area contributed by atoms with E-state index in [4.69, 9.17) is 18.9 Å². The molecule has 0 unspecified atom stereocenters. The summed E-state index contributed by atoms with van der Waals surface area (Å²) in [6.07, 6.45) is 11.7. The van der Waals surface area contributed by atoms with Gasteiger partial charge in [0, 0.05) is 12.4 Å². The Hall–Kier alpha value is -4.58. The maximum atomic E-state index is 5.39. The first-order chi connectivity index (χ1) is 17.6. The van der Waals surface area contributed by atoms with Crippen LogP contribution in [-0.4, -0.2) is 38.4 Å². The first-order valence-corrected chi connectivity index (χ1v) is 11.4. The number of pyridine rings is 2. The fourth-order valence-corrected chi connectivity index (χ4v) is 3.68. The lowest BCUT2D eigenvalue weighted by atomic mass is 10.1. The topological polar surface area (TPSA) is 62.7 Å². The van der Waals surface area contributed by atoms with Crippen LogP contribution in [0.4, 0.5) is 0 Å². The molecule has 0 radical (unpaired) electrons. The molecule has 2 aromatic heterocycles. The average molecular weight is 481 g/mol. The second-order valence-electron chi connectivity index (χ2n) is 7.84. The number of rotatable bonds is 9. The summed E-state index contributed by atoms with van der Waals surface area (Å²) in [5, 5.41) is 0. The number of ether oxygens (including phenoxy) is 4. The van der Waals surface area contributed by atoms with Crippen LogP contribution in [0.5, 0.6) is 23.0 Å². The highest BCUT2D eigenvalue weighted by molar-refractivity contribution is 5.75. The molecule has 0 fully saturated rings. The molecule has 6 nitrogen and oxygen atoms in total. The Balaban J connectivity index is 1.53. The van der Waals surface area contributed by atoms with Gasteiger partial charge < -0.3 is 18.9 Å². The molecule has 0 amide bonds. The summed E-state index contributed by atoms with van der Waals surface area (Å²) in [6.45, 7) is 0. The van der Waals surface area contributed by atoms with Crippen LogP contribution >= 0.6 is 0 Å². The fourth-order valence-electron chi connectivity index (χ4n) is 3.68. The summed E-state index contributed by atoms with van der Waals surface area (Å²) in [6, 6.07) is 19.6. The molecular formula is C30H28N2O4. The molecule has 0 N–H and O–H groups in total. The molecule has 4 rings (SSSR count). The van der Waals surface area contributed by atoms with Crippen molar-refractivity contribution >= 4 is 24.3 Å². The molecule has 0 spiro atoms. The molecule has 0 atom stereocenters. The molecule has 0 aliphatic rings. The first kappa shape index (κ1) is 24.5. The molecule has 0 bridgehead atoms. The molecule has 0 saturated heterocycles. The Morgan fingerprint density at radius 1 is 0.444 bits per heavy atom. The van der Waals surface area contributed by atoms with Gasteiger partial charge >= 0.3 is 0 Å². The van der Waals surface area contributed by atoms with Gasteiger partial charge in [-0.2, -0.15) is 0 Å². The van der Waals surface area contributed by atoms with Crippen molar-refractivity contribution in [1.82, 2.24) is 9.97 Å². The third kappa shape index (κ3) is 5.91. The fraction of sp³-hybridized carbons (Fsp3) is 0.133. The number of nitrogens with zero attached hydrogens (tertiary/aromatic N) is 2. The van der Waals surface area contributed by atoms with Crippen LogP contribution in [0.1, 0.15) is 22.3 Å². The number of methoxy groups -OCH3 is 4. The highest BCUT2D eigenvalue weighted by Crippen LogP contribution is 2.29. The molecule has 4 aromatic rings. The SMILES string of the molecule is COc1ccc(C=Cc2ccnc(-c3cc(C=Cc4ccc(OC)c(OC)c4)ccn3)c2)cc1OC. The zero-order valence-corrected chi connectivity index (χ0v) is 20.8. The molecule has 0 aliphatic heterocycles. The van der Waals surface area contributed by atoms with Crippen LogP contribution in [-0.2, 0) is 0 Å². The second-order valence-corrected chi connectivity index (χ2v) is 7.84. The lowest BCUT2D eigenvalue weighted by Crippen LogP contribution is -1.90. The lowest BCUT2D eigenvalue weighted by Gasteiger charge is -2.08. The Bertz CT molecular complexity index is 1290. The van der Waals surface area contributed by atoms with Gasteiger partial charge in [0.15, 0.2) is 23.0 Å². The molecule has 0 aliphatic carbocycles. The molecule has 182 valence electrons. The van der Waals surface area contributed by atoms with Gasteiger partial charge in [-0.15, -0.1) is 0 Å². The van der Waals surface area contributed by atoms with E-state index in [-0.39, 0.29) is 0 Å². The standard InChI is InChI=1S/C30H28N2O4/c1-33-27-11-9-21(19-29(27)35-3)5-7-23-13-15-31-25(17-23)26-18-24(14-16-32-26)8-6-22-10-12-28(34-2)30(20-22)36-4/h5-20H,1-4H3. The van der Waals surface area contributed by atoms with Gasteiger partial charge in [-0.1, -0.05) is 36.4 Å². The van der Waals surface area contributed by atoms with Crippen LogP contribution in [0.25, 0.3) is 35.7 Å². The summed E-state index contributed by atoms with van der Waals surface area (Å²) < 4.78 is 21.4. The minimum atomic E-state index is 0.692. The van der Waals surface area contributed by atoms with Crippen LogP contribution in [0.15, 0.2) is 73.1 Å². The maximum absolute atomic E-state index is 5.39. The Morgan fingerprint density at radius 3 is 1.17 bits per heavy atom. The van der Waals surface area contributed by atoms with E-state index in [0.29, 0.717) is 23.0 Å². The van der Waals surface area contributed by atoms with Crippen LogP contribution in [0.2, 0.25) is 0 Å². The zero-order chi connectivity index (χ0) is 25.3. The number of aromatic nitrogens is 2. The molecule has 2 aromatic carbocycles. The Morgan fingerprint density at radius 2 is 0.806 bits per heavy atom. The third-order valence-corrected chi connectivity index (χ3v) is 5.58. The second kappa shape index (κ2) is 11.7. The van der Waals surface area contributed by atoms with E-state index < -0.39 is 0 Å². The van der Waals surface area contributed by atoms with Crippen molar-refractivity contribution < 1.29 is 18.9 Å². The van der Waals surface area contributed by atoms with E-state index in [1.807, 2.05) is 85.0 Å². The lowest BCUT2D eigenvalue weighted by molar-refractivity contribution is 0.355. The maximum Gasteiger partial charge on any atom is 0.161 e. The molecule has 36 heavy (non-hydrogen) atoms. The van der Waals surface area contributed by atoms with Crippen molar-refractivity contribution in [2.75, 3.05) is 28.4 Å². The van der Waals surface area contributed by atoms with Gasteiger partial charge in [-0.25, -0.2) is 0 Å². The zero-order valence-electron chi connectivity index (χ0n) is 20.8. The van der Waals surface area contributed by atoms with Gasteiger partial charge in [-0.3, -0.25) is 9.97 Å². The monoisotopic (exact) mass is 480 g/mol. The molecule has 6 heteroatoms. The normalized spacial score (nSPS) is 11.1. The quantitative estimate of drug-likeness (QED) is 0.272. The smallest absolute Gasteiger partial charge is 0.161 e. The van der Waals surface area contributed by atoms with Crippen LogP contribution in [0, 0.1) is 0 Å². The molecule has 0 saturated carbocycles. The van der Waals surface area contributed by atoms with Gasteiger partial charge in [0.2, 0.25) is 0 Å².